The van der Waals surface area contributed by atoms with Crippen LogP contribution in [0.15, 0.2) is 11.6 Å². The van der Waals surface area contributed by atoms with Gasteiger partial charge in [0.25, 0.3) is 0 Å². The molecule has 0 saturated carbocycles. The fourth-order valence-corrected chi connectivity index (χ4v) is 1.43. The second-order valence-electron chi connectivity index (χ2n) is 2.51. The summed E-state index contributed by atoms with van der Waals surface area (Å²) in [7, 11) is 0. The van der Waals surface area contributed by atoms with Crippen molar-refractivity contribution in [2.24, 2.45) is 5.92 Å². The van der Waals surface area contributed by atoms with Gasteiger partial charge in [-0.25, -0.2) is 4.98 Å². The zero-order valence-electron chi connectivity index (χ0n) is 6.70. The highest BCUT2D eigenvalue weighted by Gasteiger charge is 2.14. The van der Waals surface area contributed by atoms with Gasteiger partial charge in [0, 0.05) is 17.5 Å². The Hall–Kier alpha value is -0.700. The van der Waals surface area contributed by atoms with Crippen LogP contribution in [-0.2, 0) is 0 Å². The fraction of sp³-hybridized carbons (Fsp3) is 0.500. The van der Waals surface area contributed by atoms with Crippen LogP contribution in [0.5, 0.6) is 0 Å². The van der Waals surface area contributed by atoms with Crippen LogP contribution in [0.4, 0.5) is 0 Å². The van der Waals surface area contributed by atoms with Gasteiger partial charge in [-0.15, -0.1) is 11.3 Å². The minimum atomic E-state index is 0.112. The monoisotopic (exact) mass is 169 g/mol. The number of hydrogen-bond donors (Lipinski definition) is 0. The second kappa shape index (κ2) is 3.62. The van der Waals surface area contributed by atoms with Crippen molar-refractivity contribution in [2.45, 2.75) is 20.3 Å². The van der Waals surface area contributed by atoms with Crippen molar-refractivity contribution in [3.8, 4) is 0 Å². The molecule has 2 nitrogen and oxygen atoms in total. The molecule has 1 heterocycles. The quantitative estimate of drug-likeness (QED) is 0.650. The third-order valence-corrected chi connectivity index (χ3v) is 2.49. The number of aromatic nitrogens is 1. The highest BCUT2D eigenvalue weighted by molar-refractivity contribution is 7.11. The topological polar surface area (TPSA) is 30.0 Å². The third kappa shape index (κ3) is 1.87. The summed E-state index contributed by atoms with van der Waals surface area (Å²) >= 11 is 1.41. The van der Waals surface area contributed by atoms with Gasteiger partial charge >= 0.3 is 0 Å². The van der Waals surface area contributed by atoms with E-state index in [1.165, 1.54) is 11.3 Å². The summed E-state index contributed by atoms with van der Waals surface area (Å²) in [5.74, 6) is 0.281. The van der Waals surface area contributed by atoms with Crippen LogP contribution >= 0.6 is 11.3 Å². The Balaban J connectivity index is 2.70. The van der Waals surface area contributed by atoms with Gasteiger partial charge in [0.1, 0.15) is 0 Å². The largest absolute Gasteiger partial charge is 0.291 e. The van der Waals surface area contributed by atoms with Crippen molar-refractivity contribution < 1.29 is 4.79 Å². The zero-order chi connectivity index (χ0) is 8.27. The van der Waals surface area contributed by atoms with Crippen molar-refractivity contribution in [1.82, 2.24) is 4.98 Å². The average Bonchev–Trinajstić information content (AvgIpc) is 2.53. The minimum Gasteiger partial charge on any atom is -0.291 e. The van der Waals surface area contributed by atoms with Gasteiger partial charge in [-0.1, -0.05) is 13.8 Å². The first-order chi connectivity index (χ1) is 5.25. The summed E-state index contributed by atoms with van der Waals surface area (Å²) in [4.78, 5) is 15.3. The van der Waals surface area contributed by atoms with Crippen LogP contribution in [0, 0.1) is 5.92 Å². The van der Waals surface area contributed by atoms with Crippen LogP contribution < -0.4 is 0 Å². The van der Waals surface area contributed by atoms with E-state index in [1.54, 1.807) is 6.20 Å². The molecule has 0 aliphatic heterocycles. The smallest absolute Gasteiger partial charge is 0.194 e. The predicted octanol–water partition coefficient (Wildman–Crippen LogP) is 2.37. The predicted molar refractivity (Wildman–Crippen MR) is 45.9 cm³/mol. The fourth-order valence-electron chi connectivity index (χ4n) is 0.741. The first kappa shape index (κ1) is 8.40. The second-order valence-corrected chi connectivity index (χ2v) is 3.41. The molecule has 0 aliphatic carbocycles. The summed E-state index contributed by atoms with van der Waals surface area (Å²) < 4.78 is 0. The SMILES string of the molecule is CCC(C)C(=O)c1nccs1. The third-order valence-electron chi connectivity index (χ3n) is 1.70. The summed E-state index contributed by atoms with van der Waals surface area (Å²) in [6, 6.07) is 0. The van der Waals surface area contributed by atoms with Gasteiger partial charge < -0.3 is 0 Å². The molecule has 60 valence electrons. The lowest BCUT2D eigenvalue weighted by Gasteiger charge is -2.02. The molecule has 11 heavy (non-hydrogen) atoms. The van der Waals surface area contributed by atoms with Crippen molar-refractivity contribution >= 4 is 17.1 Å². The van der Waals surface area contributed by atoms with Crippen molar-refractivity contribution in [2.75, 3.05) is 0 Å². The lowest BCUT2D eigenvalue weighted by Crippen LogP contribution is -2.09. The summed E-state index contributed by atoms with van der Waals surface area (Å²) in [6.45, 7) is 3.94. The van der Waals surface area contributed by atoms with E-state index in [0.29, 0.717) is 5.01 Å². The standard InChI is InChI=1S/C8H11NOS/c1-3-6(2)7(10)8-9-4-5-11-8/h4-6H,3H2,1-2H3. The summed E-state index contributed by atoms with van der Waals surface area (Å²) in [5.41, 5.74) is 0. The van der Waals surface area contributed by atoms with E-state index < -0.39 is 0 Å². The van der Waals surface area contributed by atoms with E-state index >= 15 is 0 Å². The summed E-state index contributed by atoms with van der Waals surface area (Å²) in [5, 5.41) is 2.47. The Labute approximate surface area is 70.3 Å². The van der Waals surface area contributed by atoms with E-state index in [9.17, 15) is 4.79 Å². The molecule has 1 aromatic heterocycles. The van der Waals surface area contributed by atoms with Gasteiger partial charge in [0.05, 0.1) is 0 Å². The maximum Gasteiger partial charge on any atom is 0.194 e. The van der Waals surface area contributed by atoms with Crippen LogP contribution in [0.2, 0.25) is 0 Å². The van der Waals surface area contributed by atoms with Gasteiger partial charge in [-0.2, -0.15) is 0 Å². The first-order valence-corrected chi connectivity index (χ1v) is 4.57. The van der Waals surface area contributed by atoms with Crippen LogP contribution in [0.25, 0.3) is 0 Å². The average molecular weight is 169 g/mol. The highest BCUT2D eigenvalue weighted by Crippen LogP contribution is 2.13. The molecule has 1 aromatic rings. The molecule has 1 rings (SSSR count). The number of Topliss-reactive ketones (excluding diaryl/α,β-unsaturated/α-hetero) is 1. The van der Waals surface area contributed by atoms with E-state index in [4.69, 9.17) is 0 Å². The highest BCUT2D eigenvalue weighted by atomic mass is 32.1. The van der Waals surface area contributed by atoms with Gasteiger partial charge in [-0.05, 0) is 6.42 Å². The van der Waals surface area contributed by atoms with Crippen molar-refractivity contribution in [1.29, 1.82) is 0 Å². The Bertz CT molecular complexity index is 230. The number of rotatable bonds is 3. The van der Waals surface area contributed by atoms with Crippen LogP contribution in [-0.4, -0.2) is 10.8 Å². The Morgan fingerprint density at radius 1 is 1.82 bits per heavy atom. The van der Waals surface area contributed by atoms with Crippen LogP contribution in [0.3, 0.4) is 0 Å². The van der Waals surface area contributed by atoms with E-state index in [1.807, 2.05) is 19.2 Å². The lowest BCUT2D eigenvalue weighted by molar-refractivity contribution is 0.0927. The van der Waals surface area contributed by atoms with Gasteiger partial charge in [-0.3, -0.25) is 4.79 Å². The molecule has 0 saturated heterocycles. The van der Waals surface area contributed by atoms with E-state index in [-0.39, 0.29) is 11.7 Å². The molecular formula is C8H11NOS. The first-order valence-electron chi connectivity index (χ1n) is 3.69. The molecule has 0 N–H and O–H groups in total. The van der Waals surface area contributed by atoms with Gasteiger partial charge in [0.2, 0.25) is 0 Å². The molecule has 0 bridgehead atoms. The number of nitrogens with zero attached hydrogens (tertiary/aromatic N) is 1. The minimum absolute atomic E-state index is 0.112. The van der Waals surface area contributed by atoms with Crippen molar-refractivity contribution in [3.05, 3.63) is 16.6 Å². The molecule has 0 aliphatic rings. The molecule has 0 fully saturated rings. The number of thiazole rings is 1. The molecule has 3 heteroatoms. The number of carbonyl (C=O) groups is 1. The molecule has 0 radical (unpaired) electrons. The van der Waals surface area contributed by atoms with E-state index in [2.05, 4.69) is 4.98 Å². The van der Waals surface area contributed by atoms with Crippen molar-refractivity contribution in [3.63, 3.8) is 0 Å². The molecule has 1 unspecified atom stereocenters. The number of carbonyl (C=O) groups excluding carboxylic acids is 1. The Kier molecular flexibility index (Phi) is 2.76. The number of hydrogen-bond acceptors (Lipinski definition) is 3. The van der Waals surface area contributed by atoms with Gasteiger partial charge in [0.15, 0.2) is 10.8 Å². The summed E-state index contributed by atoms with van der Waals surface area (Å²) in [6.07, 6.45) is 2.55. The molecule has 0 spiro atoms. The zero-order valence-corrected chi connectivity index (χ0v) is 7.52. The maximum atomic E-state index is 11.4. The lowest BCUT2D eigenvalue weighted by atomic mass is 10.0. The molecule has 0 amide bonds. The maximum absolute atomic E-state index is 11.4. The Morgan fingerprint density at radius 2 is 2.55 bits per heavy atom. The molecular weight excluding hydrogens is 158 g/mol. The van der Waals surface area contributed by atoms with E-state index in [0.717, 1.165) is 6.42 Å². The number of ketones is 1. The molecule has 1 atom stereocenters. The Morgan fingerprint density at radius 3 is 3.00 bits per heavy atom. The van der Waals surface area contributed by atoms with Crippen LogP contribution in [0.1, 0.15) is 30.1 Å². The molecule has 0 aromatic carbocycles. The normalized spacial score (nSPS) is 12.9.